The summed E-state index contributed by atoms with van der Waals surface area (Å²) >= 11 is 0. The van der Waals surface area contributed by atoms with Crippen LogP contribution in [-0.4, -0.2) is 22.2 Å². The maximum Gasteiger partial charge on any atom is 0.455 e. The molecular formula is C14H9F3N2O3. The predicted molar refractivity (Wildman–Crippen MR) is 70.8 cm³/mol. The third-order valence-electron chi connectivity index (χ3n) is 2.61. The molecule has 0 amide bonds. The first-order valence-electron chi connectivity index (χ1n) is 5.92. The molecule has 22 heavy (non-hydrogen) atoms. The number of Topliss-reactive ketones (excluding diaryl/α,β-unsaturated/α-hetero) is 1. The smallest absolute Gasteiger partial charge is 0.455 e. The second-order valence-corrected chi connectivity index (χ2v) is 4.24. The molecule has 5 nitrogen and oxygen atoms in total. The summed E-state index contributed by atoms with van der Waals surface area (Å²) in [6, 6.07) is 8.57. The predicted octanol–water partition coefficient (Wildman–Crippen LogP) is 4.26. The molecule has 0 heterocycles. The monoisotopic (exact) mass is 310 g/mol. The van der Waals surface area contributed by atoms with Crippen LogP contribution >= 0.6 is 0 Å². The molecule has 0 aromatic heterocycles. The van der Waals surface area contributed by atoms with Crippen LogP contribution in [0.1, 0.15) is 10.4 Å². The van der Waals surface area contributed by atoms with Gasteiger partial charge >= 0.3 is 6.18 Å². The minimum atomic E-state index is -5.09. The molecule has 2 rings (SSSR count). The van der Waals surface area contributed by atoms with Gasteiger partial charge in [0.05, 0.1) is 16.9 Å². The van der Waals surface area contributed by atoms with Crippen LogP contribution in [0.2, 0.25) is 0 Å². The van der Waals surface area contributed by atoms with Gasteiger partial charge in [-0.05, 0) is 42.5 Å². The highest BCUT2D eigenvalue weighted by molar-refractivity contribution is 6.03. The summed E-state index contributed by atoms with van der Waals surface area (Å²) in [5, 5.41) is 25.9. The first-order valence-corrected chi connectivity index (χ1v) is 5.92. The number of halogens is 3. The number of hydrogen-bond donors (Lipinski definition) is 2. The lowest BCUT2D eigenvalue weighted by atomic mass is 10.1. The average Bonchev–Trinajstić information content (AvgIpc) is 2.46. The van der Waals surface area contributed by atoms with E-state index in [9.17, 15) is 23.1 Å². The van der Waals surface area contributed by atoms with Gasteiger partial charge in [0.15, 0.2) is 0 Å². The van der Waals surface area contributed by atoms with Crippen molar-refractivity contribution < 1.29 is 28.2 Å². The SMILES string of the molecule is O=C(c1cc(N=Nc2ccc(O)cc2)ccc1O)C(F)(F)F. The summed E-state index contributed by atoms with van der Waals surface area (Å²) in [6.45, 7) is 0. The van der Waals surface area contributed by atoms with Gasteiger partial charge in [-0.25, -0.2) is 0 Å². The Kier molecular flexibility index (Phi) is 4.11. The fourth-order valence-corrected chi connectivity index (χ4v) is 1.56. The van der Waals surface area contributed by atoms with Gasteiger partial charge in [0.2, 0.25) is 0 Å². The van der Waals surface area contributed by atoms with Crippen LogP contribution in [0.15, 0.2) is 52.7 Å². The summed E-state index contributed by atoms with van der Waals surface area (Å²) in [4.78, 5) is 11.2. The van der Waals surface area contributed by atoms with E-state index in [2.05, 4.69) is 10.2 Å². The molecule has 2 N–H and O–H groups in total. The molecule has 8 heteroatoms. The largest absolute Gasteiger partial charge is 0.508 e. The van der Waals surface area contributed by atoms with E-state index in [-0.39, 0.29) is 11.4 Å². The Labute approximate surface area is 122 Å². The molecule has 0 spiro atoms. The first-order chi connectivity index (χ1) is 10.3. The molecule has 0 aliphatic rings. The Bertz CT molecular complexity index is 725. The van der Waals surface area contributed by atoms with Crippen LogP contribution in [-0.2, 0) is 0 Å². The van der Waals surface area contributed by atoms with Gasteiger partial charge in [-0.3, -0.25) is 4.79 Å². The molecule has 0 atom stereocenters. The Hall–Kier alpha value is -2.90. The van der Waals surface area contributed by atoms with Gasteiger partial charge in [-0.15, -0.1) is 0 Å². The van der Waals surface area contributed by atoms with Gasteiger partial charge in [-0.2, -0.15) is 23.4 Å². The number of alkyl halides is 3. The number of hydrogen-bond acceptors (Lipinski definition) is 5. The molecule has 0 radical (unpaired) electrons. The molecule has 0 fully saturated rings. The Morgan fingerprint density at radius 2 is 1.45 bits per heavy atom. The fraction of sp³-hybridized carbons (Fsp3) is 0.0714. The van der Waals surface area contributed by atoms with Crippen molar-refractivity contribution in [3.8, 4) is 11.5 Å². The lowest BCUT2D eigenvalue weighted by molar-refractivity contribution is -0.0886. The van der Waals surface area contributed by atoms with E-state index < -0.39 is 23.3 Å². The van der Waals surface area contributed by atoms with Crippen molar-refractivity contribution in [2.75, 3.05) is 0 Å². The molecule has 2 aromatic rings. The molecule has 0 saturated carbocycles. The number of ketones is 1. The van der Waals surface area contributed by atoms with Crippen LogP contribution in [0.5, 0.6) is 11.5 Å². The van der Waals surface area contributed by atoms with E-state index in [4.69, 9.17) is 5.11 Å². The van der Waals surface area contributed by atoms with E-state index in [1.54, 1.807) is 0 Å². The molecular weight excluding hydrogens is 301 g/mol. The van der Waals surface area contributed by atoms with Gasteiger partial charge in [-0.1, -0.05) is 0 Å². The minimum absolute atomic E-state index is 0.0292. The van der Waals surface area contributed by atoms with Gasteiger partial charge in [0, 0.05) is 0 Å². The maximum atomic E-state index is 12.4. The second kappa shape index (κ2) is 5.84. The number of rotatable bonds is 3. The van der Waals surface area contributed by atoms with Crippen LogP contribution in [0.4, 0.5) is 24.5 Å². The van der Waals surface area contributed by atoms with E-state index in [0.29, 0.717) is 5.69 Å². The summed E-state index contributed by atoms with van der Waals surface area (Å²) in [6.07, 6.45) is -5.09. The highest BCUT2D eigenvalue weighted by atomic mass is 19.4. The number of azo groups is 1. The van der Waals surface area contributed by atoms with Crippen LogP contribution in [0.25, 0.3) is 0 Å². The van der Waals surface area contributed by atoms with Crippen molar-refractivity contribution in [2.45, 2.75) is 6.18 Å². The van der Waals surface area contributed by atoms with Crippen LogP contribution in [0, 0.1) is 0 Å². The summed E-state index contributed by atoms with van der Waals surface area (Å²) in [5.74, 6) is -2.92. The summed E-state index contributed by atoms with van der Waals surface area (Å²) in [5.41, 5.74) is -0.567. The zero-order valence-electron chi connectivity index (χ0n) is 10.9. The molecule has 0 unspecified atom stereocenters. The Morgan fingerprint density at radius 1 is 0.909 bits per heavy atom. The number of phenols is 2. The number of benzene rings is 2. The highest BCUT2D eigenvalue weighted by Crippen LogP contribution is 2.30. The van der Waals surface area contributed by atoms with Gasteiger partial charge < -0.3 is 10.2 Å². The third-order valence-corrected chi connectivity index (χ3v) is 2.61. The number of carbonyl (C=O) groups is 1. The quantitative estimate of drug-likeness (QED) is 0.656. The number of phenolic OH excluding ortho intramolecular Hbond substituents is 2. The first kappa shape index (κ1) is 15.5. The van der Waals surface area contributed by atoms with Crippen molar-refractivity contribution in [1.82, 2.24) is 0 Å². The van der Waals surface area contributed by atoms with Crippen molar-refractivity contribution >= 4 is 17.2 Å². The lowest BCUT2D eigenvalue weighted by Gasteiger charge is -2.07. The molecule has 114 valence electrons. The third kappa shape index (κ3) is 3.60. The standard InChI is InChI=1S/C14H9F3N2O3/c15-14(16,17)13(22)11-7-9(3-6-12(11)21)19-18-8-1-4-10(20)5-2-8/h1-7,20-21H. The zero-order valence-corrected chi connectivity index (χ0v) is 10.9. The van der Waals surface area contributed by atoms with Crippen molar-refractivity contribution in [3.63, 3.8) is 0 Å². The second-order valence-electron chi connectivity index (χ2n) is 4.24. The topological polar surface area (TPSA) is 82.2 Å². The van der Waals surface area contributed by atoms with Crippen molar-refractivity contribution in [3.05, 3.63) is 48.0 Å². The lowest BCUT2D eigenvalue weighted by Crippen LogP contribution is -2.22. The van der Waals surface area contributed by atoms with E-state index >= 15 is 0 Å². The fourth-order valence-electron chi connectivity index (χ4n) is 1.56. The summed E-state index contributed by atoms with van der Waals surface area (Å²) in [7, 11) is 0. The number of nitrogens with zero attached hydrogens (tertiary/aromatic N) is 2. The minimum Gasteiger partial charge on any atom is -0.508 e. The van der Waals surface area contributed by atoms with Gasteiger partial charge in [0.25, 0.3) is 5.78 Å². The summed E-state index contributed by atoms with van der Waals surface area (Å²) < 4.78 is 37.2. The number of aromatic hydroxyl groups is 2. The molecule has 0 aliphatic carbocycles. The van der Waals surface area contributed by atoms with E-state index in [1.807, 2.05) is 0 Å². The maximum absolute atomic E-state index is 12.4. The Balaban J connectivity index is 2.30. The molecule has 0 bridgehead atoms. The average molecular weight is 310 g/mol. The van der Waals surface area contributed by atoms with Gasteiger partial charge in [0.1, 0.15) is 11.5 Å². The molecule has 0 saturated heterocycles. The zero-order chi connectivity index (χ0) is 16.3. The highest BCUT2D eigenvalue weighted by Gasteiger charge is 2.40. The van der Waals surface area contributed by atoms with E-state index in [1.165, 1.54) is 30.3 Å². The van der Waals surface area contributed by atoms with Crippen LogP contribution < -0.4 is 0 Å². The van der Waals surface area contributed by atoms with Crippen molar-refractivity contribution in [2.24, 2.45) is 10.2 Å². The number of carbonyl (C=O) groups excluding carboxylic acids is 1. The Morgan fingerprint density at radius 3 is 2.05 bits per heavy atom. The normalized spacial score (nSPS) is 11.8. The van der Waals surface area contributed by atoms with Crippen molar-refractivity contribution in [1.29, 1.82) is 0 Å². The molecule has 2 aromatic carbocycles. The van der Waals surface area contributed by atoms with E-state index in [0.717, 1.165) is 12.1 Å². The van der Waals surface area contributed by atoms with Crippen LogP contribution in [0.3, 0.4) is 0 Å². The molecule has 0 aliphatic heterocycles.